The van der Waals surface area contributed by atoms with Gasteiger partial charge in [-0.05, 0) is 32.3 Å². The summed E-state index contributed by atoms with van der Waals surface area (Å²) in [5.41, 5.74) is 0.768. The van der Waals surface area contributed by atoms with E-state index in [0.29, 0.717) is 50.8 Å². The molecule has 1 saturated heterocycles. The number of hydrogen-bond acceptors (Lipinski definition) is 6. The number of hydrogen-bond donors (Lipinski definition) is 1. The van der Waals surface area contributed by atoms with Crippen LogP contribution in [-0.4, -0.2) is 42.3 Å². The quantitative estimate of drug-likeness (QED) is 0.806. The van der Waals surface area contributed by atoms with E-state index in [-0.39, 0.29) is 11.9 Å². The van der Waals surface area contributed by atoms with Gasteiger partial charge in [0.2, 0.25) is 11.8 Å². The molecule has 2 aromatic rings. The lowest BCUT2D eigenvalue weighted by Crippen LogP contribution is -2.44. The van der Waals surface area contributed by atoms with Crippen molar-refractivity contribution in [1.82, 2.24) is 9.97 Å². The minimum atomic E-state index is -0.651. The van der Waals surface area contributed by atoms with E-state index in [1.54, 1.807) is 0 Å². The number of ether oxygens (including phenoxy) is 3. The first-order valence-electron chi connectivity index (χ1n) is 9.27. The summed E-state index contributed by atoms with van der Waals surface area (Å²) < 4.78 is 16.4. The second-order valence-corrected chi connectivity index (χ2v) is 6.25. The second kappa shape index (κ2) is 8.81. The van der Waals surface area contributed by atoms with Gasteiger partial charge in [-0.2, -0.15) is 4.98 Å². The zero-order valence-corrected chi connectivity index (χ0v) is 15.7. The normalized spacial score (nSPS) is 15.8. The molecule has 0 unspecified atom stereocenters. The lowest BCUT2D eigenvalue weighted by atomic mass is 9.73. The Balaban J connectivity index is 1.90. The smallest absolute Gasteiger partial charge is 0.319 e. The number of benzene rings is 1. The van der Waals surface area contributed by atoms with E-state index in [2.05, 4.69) is 15.3 Å². The van der Waals surface area contributed by atoms with Crippen LogP contribution in [0.2, 0.25) is 0 Å². The maximum Gasteiger partial charge on any atom is 0.319 e. The minimum absolute atomic E-state index is 0.106. The Bertz CT molecular complexity index is 761. The van der Waals surface area contributed by atoms with Gasteiger partial charge in [0.25, 0.3) is 0 Å². The van der Waals surface area contributed by atoms with E-state index in [1.807, 2.05) is 44.2 Å². The standard InChI is InChI=1S/C20H25N3O4/c1-3-26-17-16(14-21-19(23-17)27-4-2)22-18(24)20(10-12-25-13-11-20)15-8-6-5-7-9-15/h5-9,14H,3-4,10-13H2,1-2H3,(H,22,24). The van der Waals surface area contributed by atoms with Crippen molar-refractivity contribution in [2.45, 2.75) is 32.1 Å². The third-order valence-corrected chi connectivity index (χ3v) is 4.64. The lowest BCUT2D eigenvalue weighted by molar-refractivity contribution is -0.125. The van der Waals surface area contributed by atoms with E-state index in [1.165, 1.54) is 6.20 Å². The van der Waals surface area contributed by atoms with Crippen LogP contribution in [0.3, 0.4) is 0 Å². The zero-order valence-electron chi connectivity index (χ0n) is 15.7. The molecule has 3 rings (SSSR count). The molecule has 0 atom stereocenters. The number of carbonyl (C=O) groups excluding carboxylic acids is 1. The van der Waals surface area contributed by atoms with Gasteiger partial charge in [0.1, 0.15) is 5.69 Å². The summed E-state index contributed by atoms with van der Waals surface area (Å²) in [7, 11) is 0. The molecule has 7 nitrogen and oxygen atoms in total. The Kier molecular flexibility index (Phi) is 6.24. The van der Waals surface area contributed by atoms with Gasteiger partial charge in [0, 0.05) is 13.2 Å². The monoisotopic (exact) mass is 371 g/mol. The summed E-state index contributed by atoms with van der Waals surface area (Å²) in [5.74, 6) is 0.199. The lowest BCUT2D eigenvalue weighted by Gasteiger charge is -2.36. The van der Waals surface area contributed by atoms with E-state index in [9.17, 15) is 4.79 Å². The van der Waals surface area contributed by atoms with Crippen LogP contribution in [0.1, 0.15) is 32.3 Å². The van der Waals surface area contributed by atoms with Crippen LogP contribution < -0.4 is 14.8 Å². The van der Waals surface area contributed by atoms with Crippen molar-refractivity contribution in [3.63, 3.8) is 0 Å². The summed E-state index contributed by atoms with van der Waals surface area (Å²) >= 11 is 0. The Morgan fingerprint density at radius 3 is 2.52 bits per heavy atom. The highest BCUT2D eigenvalue weighted by molar-refractivity contribution is 6.00. The number of nitrogens with zero attached hydrogens (tertiary/aromatic N) is 2. The van der Waals surface area contributed by atoms with Crippen molar-refractivity contribution in [3.05, 3.63) is 42.1 Å². The summed E-state index contributed by atoms with van der Waals surface area (Å²) in [5, 5.41) is 2.97. The molecule has 144 valence electrons. The van der Waals surface area contributed by atoms with Crippen molar-refractivity contribution in [1.29, 1.82) is 0 Å². The fourth-order valence-corrected chi connectivity index (χ4v) is 3.25. The van der Waals surface area contributed by atoms with Crippen molar-refractivity contribution in [3.8, 4) is 11.9 Å². The molecule has 1 aliphatic rings. The van der Waals surface area contributed by atoms with Crippen LogP contribution in [0, 0.1) is 0 Å². The molecule has 1 fully saturated rings. The molecule has 0 spiro atoms. The molecule has 0 radical (unpaired) electrons. The predicted octanol–water partition coefficient (Wildman–Crippen LogP) is 2.96. The summed E-state index contributed by atoms with van der Waals surface area (Å²) in [6.45, 7) is 5.67. The number of nitrogens with one attached hydrogen (secondary N) is 1. The van der Waals surface area contributed by atoms with E-state index < -0.39 is 5.41 Å². The van der Waals surface area contributed by atoms with Crippen LogP contribution in [0.25, 0.3) is 0 Å². The third kappa shape index (κ3) is 4.19. The topological polar surface area (TPSA) is 82.6 Å². The van der Waals surface area contributed by atoms with Crippen molar-refractivity contribution < 1.29 is 19.0 Å². The highest BCUT2D eigenvalue weighted by Crippen LogP contribution is 2.37. The number of anilines is 1. The summed E-state index contributed by atoms with van der Waals surface area (Å²) in [6, 6.07) is 10.0. The molecular formula is C20H25N3O4. The van der Waals surface area contributed by atoms with Crippen LogP contribution in [-0.2, 0) is 14.9 Å². The molecule has 0 saturated carbocycles. The fourth-order valence-electron chi connectivity index (χ4n) is 3.25. The maximum absolute atomic E-state index is 13.3. The van der Waals surface area contributed by atoms with E-state index in [0.717, 1.165) is 5.56 Å². The Morgan fingerprint density at radius 2 is 1.85 bits per heavy atom. The Morgan fingerprint density at radius 1 is 1.15 bits per heavy atom. The van der Waals surface area contributed by atoms with Gasteiger partial charge in [-0.3, -0.25) is 4.79 Å². The van der Waals surface area contributed by atoms with Gasteiger partial charge in [0.15, 0.2) is 0 Å². The average Bonchev–Trinajstić information content (AvgIpc) is 2.71. The molecule has 1 aromatic carbocycles. The molecule has 1 aliphatic heterocycles. The summed E-state index contributed by atoms with van der Waals surface area (Å²) in [4.78, 5) is 21.8. The average molecular weight is 371 g/mol. The largest absolute Gasteiger partial charge is 0.476 e. The highest BCUT2D eigenvalue weighted by Gasteiger charge is 2.42. The first-order valence-corrected chi connectivity index (χ1v) is 9.27. The van der Waals surface area contributed by atoms with Gasteiger partial charge < -0.3 is 19.5 Å². The van der Waals surface area contributed by atoms with Crippen LogP contribution in [0.4, 0.5) is 5.69 Å². The highest BCUT2D eigenvalue weighted by atomic mass is 16.5. The molecule has 1 N–H and O–H groups in total. The van der Waals surface area contributed by atoms with Gasteiger partial charge in [-0.15, -0.1) is 0 Å². The molecule has 1 amide bonds. The van der Waals surface area contributed by atoms with Gasteiger partial charge in [-0.1, -0.05) is 30.3 Å². The maximum atomic E-state index is 13.3. The van der Waals surface area contributed by atoms with Crippen molar-refractivity contribution >= 4 is 11.6 Å². The van der Waals surface area contributed by atoms with Crippen molar-refractivity contribution in [2.24, 2.45) is 0 Å². The van der Waals surface area contributed by atoms with Crippen LogP contribution in [0.5, 0.6) is 11.9 Å². The molecule has 2 heterocycles. The number of amides is 1. The Hall–Kier alpha value is -2.67. The first kappa shape index (κ1) is 19.1. The van der Waals surface area contributed by atoms with E-state index in [4.69, 9.17) is 14.2 Å². The number of carbonyl (C=O) groups is 1. The number of aromatic nitrogens is 2. The predicted molar refractivity (Wildman–Crippen MR) is 101 cm³/mol. The number of rotatable bonds is 7. The third-order valence-electron chi connectivity index (χ3n) is 4.64. The fraction of sp³-hybridized carbons (Fsp3) is 0.450. The molecule has 0 bridgehead atoms. The zero-order chi connectivity index (χ0) is 19.1. The molecule has 0 aliphatic carbocycles. The van der Waals surface area contributed by atoms with Crippen LogP contribution >= 0.6 is 0 Å². The molecule has 27 heavy (non-hydrogen) atoms. The molecule has 1 aromatic heterocycles. The Labute approximate surface area is 159 Å². The van der Waals surface area contributed by atoms with Gasteiger partial charge in [-0.25, -0.2) is 4.98 Å². The van der Waals surface area contributed by atoms with Crippen molar-refractivity contribution in [2.75, 3.05) is 31.7 Å². The van der Waals surface area contributed by atoms with Gasteiger partial charge in [0.05, 0.1) is 24.8 Å². The second-order valence-electron chi connectivity index (χ2n) is 6.25. The van der Waals surface area contributed by atoms with Crippen LogP contribution in [0.15, 0.2) is 36.5 Å². The molecular weight excluding hydrogens is 346 g/mol. The first-order chi connectivity index (χ1) is 13.2. The minimum Gasteiger partial charge on any atom is -0.476 e. The molecule has 7 heteroatoms. The summed E-state index contributed by atoms with van der Waals surface area (Å²) in [6.07, 6.45) is 2.76. The van der Waals surface area contributed by atoms with Gasteiger partial charge >= 0.3 is 6.01 Å². The SMILES string of the molecule is CCOc1ncc(NC(=O)C2(c3ccccc3)CCOCC2)c(OCC)n1. The van der Waals surface area contributed by atoms with E-state index >= 15 is 0 Å².